The fraction of sp³-hybridized carbons (Fsp3) is 0.0714. The van der Waals surface area contributed by atoms with Crippen LogP contribution in [0.15, 0.2) is 48.5 Å². The van der Waals surface area contributed by atoms with Crippen molar-refractivity contribution in [2.45, 2.75) is 6.29 Å². The van der Waals surface area contributed by atoms with Crippen LogP contribution in [0, 0.1) is 11.6 Å². The summed E-state index contributed by atoms with van der Waals surface area (Å²) in [6.45, 7) is 0. The second-order valence-electron chi connectivity index (χ2n) is 3.88. The molecule has 0 unspecified atom stereocenters. The van der Waals surface area contributed by atoms with Gasteiger partial charge in [0.1, 0.15) is 23.1 Å². The molecule has 0 aliphatic carbocycles. The van der Waals surface area contributed by atoms with Crippen LogP contribution in [0.2, 0.25) is 0 Å². The van der Waals surface area contributed by atoms with Crippen LogP contribution in [0.4, 0.5) is 8.78 Å². The van der Waals surface area contributed by atoms with Gasteiger partial charge in [-0.05, 0) is 24.3 Å². The van der Waals surface area contributed by atoms with E-state index in [0.717, 1.165) is 12.1 Å². The first-order valence-electron chi connectivity index (χ1n) is 5.68. The third-order valence-electron chi connectivity index (χ3n) is 2.31. The van der Waals surface area contributed by atoms with Crippen molar-refractivity contribution in [1.82, 2.24) is 0 Å². The van der Waals surface area contributed by atoms with Crippen molar-refractivity contribution in [3.63, 3.8) is 0 Å². The first kappa shape index (κ1) is 13.8. The number of primary amides is 1. The maximum atomic E-state index is 13.0. The number of amides is 1. The van der Waals surface area contributed by atoms with Crippen LogP contribution in [0.5, 0.6) is 11.5 Å². The Hall–Kier alpha value is -2.63. The monoisotopic (exact) mass is 279 g/mol. The summed E-state index contributed by atoms with van der Waals surface area (Å²) in [4.78, 5) is 11.3. The third kappa shape index (κ3) is 3.68. The molecule has 2 rings (SSSR count). The second kappa shape index (κ2) is 6.01. The molecule has 0 spiro atoms. The Labute approximate surface area is 113 Å². The zero-order chi connectivity index (χ0) is 14.5. The van der Waals surface area contributed by atoms with E-state index in [0.29, 0.717) is 0 Å². The molecule has 0 aromatic heterocycles. The van der Waals surface area contributed by atoms with E-state index in [1.165, 1.54) is 36.4 Å². The highest BCUT2D eigenvalue weighted by Gasteiger charge is 2.19. The summed E-state index contributed by atoms with van der Waals surface area (Å²) < 4.78 is 36.3. The van der Waals surface area contributed by atoms with Gasteiger partial charge in [0.05, 0.1) is 0 Å². The summed E-state index contributed by atoms with van der Waals surface area (Å²) in [5, 5.41) is 0. The minimum atomic E-state index is -1.49. The van der Waals surface area contributed by atoms with E-state index < -0.39 is 23.8 Å². The largest absolute Gasteiger partial charge is 0.446 e. The third-order valence-corrected chi connectivity index (χ3v) is 2.31. The molecule has 0 aliphatic heterocycles. The number of hydrogen-bond donors (Lipinski definition) is 1. The molecule has 104 valence electrons. The minimum absolute atomic E-state index is 0.0743. The van der Waals surface area contributed by atoms with Crippen molar-refractivity contribution < 1.29 is 23.0 Å². The summed E-state index contributed by atoms with van der Waals surface area (Å²) in [6, 6.07) is 10.3. The number of carbonyl (C=O) groups excluding carboxylic acids is 1. The van der Waals surface area contributed by atoms with Gasteiger partial charge in [0.15, 0.2) is 0 Å². The molecule has 2 N–H and O–H groups in total. The van der Waals surface area contributed by atoms with Crippen LogP contribution in [-0.2, 0) is 4.79 Å². The number of hydrogen-bond acceptors (Lipinski definition) is 3. The van der Waals surface area contributed by atoms with Crippen LogP contribution in [-0.4, -0.2) is 12.2 Å². The molecular formula is C14H11F2NO3. The van der Waals surface area contributed by atoms with Crippen LogP contribution >= 0.6 is 0 Å². The lowest BCUT2D eigenvalue weighted by Gasteiger charge is -2.17. The van der Waals surface area contributed by atoms with Crippen molar-refractivity contribution in [2.24, 2.45) is 5.73 Å². The number of carbonyl (C=O) groups is 1. The van der Waals surface area contributed by atoms with Gasteiger partial charge >= 0.3 is 6.29 Å². The lowest BCUT2D eigenvalue weighted by atomic mass is 10.3. The SMILES string of the molecule is NC(=O)C(Oc1cccc(F)c1)Oc1cccc(F)c1. The Bertz CT molecular complexity index is 571. The van der Waals surface area contributed by atoms with Crippen molar-refractivity contribution >= 4 is 5.91 Å². The summed E-state index contributed by atoms with van der Waals surface area (Å²) in [6.07, 6.45) is -1.49. The van der Waals surface area contributed by atoms with Gasteiger partial charge < -0.3 is 15.2 Å². The highest BCUT2D eigenvalue weighted by Crippen LogP contribution is 2.18. The van der Waals surface area contributed by atoms with Crippen molar-refractivity contribution in [3.8, 4) is 11.5 Å². The molecule has 0 saturated heterocycles. The Kier molecular flexibility index (Phi) is 4.14. The lowest BCUT2D eigenvalue weighted by Crippen LogP contribution is -2.38. The second-order valence-corrected chi connectivity index (χ2v) is 3.88. The highest BCUT2D eigenvalue weighted by molar-refractivity contribution is 5.78. The number of ether oxygens (including phenoxy) is 2. The first-order valence-corrected chi connectivity index (χ1v) is 5.68. The quantitative estimate of drug-likeness (QED) is 0.854. The van der Waals surface area contributed by atoms with Crippen molar-refractivity contribution in [2.75, 3.05) is 0 Å². The molecule has 0 bridgehead atoms. The van der Waals surface area contributed by atoms with E-state index >= 15 is 0 Å². The van der Waals surface area contributed by atoms with Gasteiger partial charge in [0.2, 0.25) is 0 Å². The van der Waals surface area contributed by atoms with Crippen LogP contribution < -0.4 is 15.2 Å². The maximum Gasteiger partial charge on any atom is 0.321 e. The van der Waals surface area contributed by atoms with E-state index in [4.69, 9.17) is 15.2 Å². The van der Waals surface area contributed by atoms with E-state index in [2.05, 4.69) is 0 Å². The van der Waals surface area contributed by atoms with Gasteiger partial charge in [-0.2, -0.15) is 0 Å². The number of nitrogens with two attached hydrogens (primary N) is 1. The maximum absolute atomic E-state index is 13.0. The van der Waals surface area contributed by atoms with Gasteiger partial charge in [-0.15, -0.1) is 0 Å². The van der Waals surface area contributed by atoms with Crippen LogP contribution in [0.25, 0.3) is 0 Å². The minimum Gasteiger partial charge on any atom is -0.446 e. The van der Waals surface area contributed by atoms with Crippen LogP contribution in [0.3, 0.4) is 0 Å². The molecule has 0 heterocycles. The van der Waals surface area contributed by atoms with Gasteiger partial charge in [0.25, 0.3) is 5.91 Å². The molecule has 6 heteroatoms. The Morgan fingerprint density at radius 3 is 1.75 bits per heavy atom. The smallest absolute Gasteiger partial charge is 0.321 e. The molecule has 0 atom stereocenters. The molecule has 20 heavy (non-hydrogen) atoms. The van der Waals surface area contributed by atoms with Gasteiger partial charge in [0, 0.05) is 12.1 Å². The molecule has 0 saturated carbocycles. The van der Waals surface area contributed by atoms with Crippen LogP contribution in [0.1, 0.15) is 0 Å². The van der Waals surface area contributed by atoms with Gasteiger partial charge in [-0.1, -0.05) is 12.1 Å². The van der Waals surface area contributed by atoms with E-state index in [-0.39, 0.29) is 11.5 Å². The molecular weight excluding hydrogens is 268 g/mol. The fourth-order valence-corrected chi connectivity index (χ4v) is 1.47. The lowest BCUT2D eigenvalue weighted by molar-refractivity contribution is -0.136. The molecule has 0 aliphatic rings. The average molecular weight is 279 g/mol. The van der Waals surface area contributed by atoms with Crippen molar-refractivity contribution in [1.29, 1.82) is 0 Å². The number of rotatable bonds is 5. The molecule has 0 fully saturated rings. The highest BCUT2D eigenvalue weighted by atomic mass is 19.1. The molecule has 2 aromatic rings. The van der Waals surface area contributed by atoms with E-state index in [9.17, 15) is 13.6 Å². The Morgan fingerprint density at radius 1 is 0.950 bits per heavy atom. The van der Waals surface area contributed by atoms with E-state index in [1.807, 2.05) is 0 Å². The molecule has 0 radical (unpaired) electrons. The summed E-state index contributed by atoms with van der Waals surface area (Å²) in [5.41, 5.74) is 5.13. The fourth-order valence-electron chi connectivity index (χ4n) is 1.47. The van der Waals surface area contributed by atoms with Gasteiger partial charge in [-0.25, -0.2) is 8.78 Å². The summed E-state index contributed by atoms with van der Waals surface area (Å²) >= 11 is 0. The zero-order valence-electron chi connectivity index (χ0n) is 10.3. The average Bonchev–Trinajstić information content (AvgIpc) is 2.38. The summed E-state index contributed by atoms with van der Waals surface area (Å²) in [7, 11) is 0. The summed E-state index contributed by atoms with van der Waals surface area (Å²) in [5.74, 6) is -1.83. The van der Waals surface area contributed by atoms with Crippen molar-refractivity contribution in [3.05, 3.63) is 60.2 Å². The normalized spacial score (nSPS) is 10.3. The molecule has 1 amide bonds. The van der Waals surface area contributed by atoms with E-state index in [1.54, 1.807) is 0 Å². The topological polar surface area (TPSA) is 61.6 Å². The van der Waals surface area contributed by atoms with Gasteiger partial charge in [-0.3, -0.25) is 4.79 Å². The molecule has 2 aromatic carbocycles. The number of halogens is 2. The first-order chi connectivity index (χ1) is 9.54. The molecule has 4 nitrogen and oxygen atoms in total. The predicted octanol–water partition coefficient (Wildman–Crippen LogP) is 2.23. The standard InChI is InChI=1S/C14H11F2NO3/c15-9-3-1-5-11(7-9)19-14(13(17)18)20-12-6-2-4-10(16)8-12/h1-8,14H,(H2,17,18). The Morgan fingerprint density at radius 2 is 1.40 bits per heavy atom. The predicted molar refractivity (Wildman–Crippen MR) is 67.0 cm³/mol. The number of benzene rings is 2. The Balaban J connectivity index is 2.13. The zero-order valence-corrected chi connectivity index (χ0v) is 10.3.